The van der Waals surface area contributed by atoms with Crippen molar-refractivity contribution >= 4 is 6.08 Å². The fraction of sp³-hybridized carbons (Fsp3) is 0.652. The number of hydrogen-bond donors (Lipinski definition) is 0. The predicted molar refractivity (Wildman–Crippen MR) is 105 cm³/mol. The molecule has 134 valence electrons. The van der Waals surface area contributed by atoms with Crippen LogP contribution in [-0.2, 0) is 11.2 Å². The molecule has 0 bridgehead atoms. The second kappa shape index (κ2) is 11.5. The van der Waals surface area contributed by atoms with E-state index in [1.807, 2.05) is 0 Å². The molecule has 1 heterocycles. The highest BCUT2D eigenvalue weighted by atomic mass is 16.6. The highest BCUT2D eigenvalue weighted by Gasteiger charge is 2.35. The second-order valence-corrected chi connectivity index (χ2v) is 7.21. The van der Waals surface area contributed by atoms with Crippen LogP contribution in [0.4, 0.5) is 0 Å². The number of benzene rings is 1. The van der Waals surface area contributed by atoms with Crippen molar-refractivity contribution in [3.63, 3.8) is 0 Å². The average molecular weight is 329 g/mol. The second-order valence-electron chi connectivity index (χ2n) is 7.21. The van der Waals surface area contributed by atoms with E-state index in [1.165, 1.54) is 81.8 Å². The Morgan fingerprint density at radius 1 is 0.875 bits per heavy atom. The molecule has 2 rings (SSSR count). The normalized spacial score (nSPS) is 19.9. The minimum Gasteiger partial charge on any atom is -0.365 e. The van der Waals surface area contributed by atoms with Gasteiger partial charge in [-0.3, -0.25) is 0 Å². The molecule has 1 fully saturated rings. The average Bonchev–Trinajstić information content (AvgIpc) is 3.36. The molecule has 2 unspecified atom stereocenters. The summed E-state index contributed by atoms with van der Waals surface area (Å²) in [5, 5.41) is 0. The van der Waals surface area contributed by atoms with E-state index in [2.05, 4.69) is 50.3 Å². The van der Waals surface area contributed by atoms with Crippen LogP contribution in [0.3, 0.4) is 0 Å². The molecule has 0 spiro atoms. The van der Waals surface area contributed by atoms with Gasteiger partial charge in [-0.05, 0) is 30.4 Å². The van der Waals surface area contributed by atoms with Gasteiger partial charge in [0.05, 0.1) is 6.10 Å². The van der Waals surface area contributed by atoms with Gasteiger partial charge in [-0.2, -0.15) is 0 Å². The molecule has 1 aromatic carbocycles. The molecule has 1 heteroatoms. The van der Waals surface area contributed by atoms with Gasteiger partial charge in [0.15, 0.2) is 0 Å². The van der Waals surface area contributed by atoms with E-state index < -0.39 is 0 Å². The summed E-state index contributed by atoms with van der Waals surface area (Å²) in [7, 11) is 0. The quantitative estimate of drug-likeness (QED) is 0.282. The number of ether oxygens (including phenoxy) is 1. The summed E-state index contributed by atoms with van der Waals surface area (Å²) >= 11 is 0. The molecular formula is C23H36O. The van der Waals surface area contributed by atoms with E-state index in [9.17, 15) is 0 Å². The van der Waals surface area contributed by atoms with Gasteiger partial charge in [0.25, 0.3) is 0 Å². The van der Waals surface area contributed by atoms with Crippen molar-refractivity contribution in [1.82, 2.24) is 0 Å². The fourth-order valence-electron chi connectivity index (χ4n) is 3.36. The van der Waals surface area contributed by atoms with Gasteiger partial charge >= 0.3 is 0 Å². The minimum absolute atomic E-state index is 0.364. The molecule has 24 heavy (non-hydrogen) atoms. The lowest BCUT2D eigenvalue weighted by Gasteiger charge is -2.06. The van der Waals surface area contributed by atoms with E-state index in [4.69, 9.17) is 4.74 Å². The van der Waals surface area contributed by atoms with Crippen LogP contribution < -0.4 is 0 Å². The van der Waals surface area contributed by atoms with Crippen LogP contribution in [0.5, 0.6) is 0 Å². The van der Waals surface area contributed by atoms with Gasteiger partial charge < -0.3 is 4.74 Å². The van der Waals surface area contributed by atoms with E-state index >= 15 is 0 Å². The predicted octanol–water partition coefficient (Wildman–Crippen LogP) is 6.95. The van der Waals surface area contributed by atoms with Crippen molar-refractivity contribution in [1.29, 1.82) is 0 Å². The maximum Gasteiger partial charge on any atom is 0.103 e. The molecule has 0 aliphatic carbocycles. The lowest BCUT2D eigenvalue weighted by atomic mass is 9.99. The minimum atomic E-state index is 0.364. The Bertz CT molecular complexity index is 477. The first-order valence-electron chi connectivity index (χ1n) is 10.3. The van der Waals surface area contributed by atoms with Crippen LogP contribution in [0.15, 0.2) is 30.3 Å². The molecule has 1 nitrogen and oxygen atoms in total. The summed E-state index contributed by atoms with van der Waals surface area (Å²) in [4.78, 5) is 0. The molecule has 2 atom stereocenters. The molecule has 0 aromatic heterocycles. The number of aryl methyl sites for hydroxylation is 1. The maximum atomic E-state index is 5.74. The van der Waals surface area contributed by atoms with Gasteiger partial charge in [-0.15, -0.1) is 0 Å². The number of epoxide rings is 1. The SMILES string of the molecule is CCCCCCCCCc1ccccc1/C=C/C1OC1CCCC. The first kappa shape index (κ1) is 19.2. The first-order chi connectivity index (χ1) is 11.8. The number of unbranched alkanes of at least 4 members (excludes halogenated alkanes) is 7. The van der Waals surface area contributed by atoms with Crippen molar-refractivity contribution in [2.24, 2.45) is 0 Å². The summed E-state index contributed by atoms with van der Waals surface area (Å²) in [6.45, 7) is 4.52. The lowest BCUT2D eigenvalue weighted by Crippen LogP contribution is -1.92. The van der Waals surface area contributed by atoms with Gasteiger partial charge in [-0.1, -0.05) is 102 Å². The largest absolute Gasteiger partial charge is 0.365 e. The van der Waals surface area contributed by atoms with Crippen molar-refractivity contribution in [3.05, 3.63) is 41.5 Å². The Balaban J connectivity index is 1.70. The Hall–Kier alpha value is -1.08. The monoisotopic (exact) mass is 328 g/mol. The standard InChI is InChI=1S/C23H36O/c1-3-5-7-8-9-10-11-14-20-15-12-13-16-21(20)18-19-23-22(24-23)17-6-4-2/h12-13,15-16,18-19,22-23H,3-11,14,17H2,1-2H3/b19-18+. The van der Waals surface area contributed by atoms with Crippen LogP contribution in [0.2, 0.25) is 0 Å². The molecule has 1 saturated heterocycles. The summed E-state index contributed by atoms with van der Waals surface area (Å²) < 4.78 is 5.74. The molecule has 0 N–H and O–H groups in total. The Morgan fingerprint density at radius 3 is 2.38 bits per heavy atom. The van der Waals surface area contributed by atoms with E-state index in [-0.39, 0.29) is 0 Å². The summed E-state index contributed by atoms with van der Waals surface area (Å²) in [6.07, 6.45) is 20.0. The van der Waals surface area contributed by atoms with Crippen LogP contribution in [0.1, 0.15) is 89.2 Å². The van der Waals surface area contributed by atoms with E-state index in [1.54, 1.807) is 0 Å². The van der Waals surface area contributed by atoms with Crippen LogP contribution in [0, 0.1) is 0 Å². The molecule has 0 saturated carbocycles. The van der Waals surface area contributed by atoms with Gasteiger partial charge in [0.2, 0.25) is 0 Å². The van der Waals surface area contributed by atoms with Gasteiger partial charge in [0, 0.05) is 0 Å². The van der Waals surface area contributed by atoms with Crippen molar-refractivity contribution in [2.75, 3.05) is 0 Å². The van der Waals surface area contributed by atoms with Crippen molar-refractivity contribution in [3.8, 4) is 0 Å². The van der Waals surface area contributed by atoms with Gasteiger partial charge in [0.1, 0.15) is 6.10 Å². The Kier molecular flexibility index (Phi) is 9.20. The van der Waals surface area contributed by atoms with Crippen molar-refractivity contribution < 1.29 is 4.74 Å². The fourth-order valence-corrected chi connectivity index (χ4v) is 3.36. The summed E-state index contributed by atoms with van der Waals surface area (Å²) in [5.74, 6) is 0. The molecule has 1 aliphatic rings. The van der Waals surface area contributed by atoms with Crippen LogP contribution in [0.25, 0.3) is 6.08 Å². The zero-order chi connectivity index (χ0) is 17.0. The van der Waals surface area contributed by atoms with E-state index in [0.717, 1.165) is 0 Å². The third kappa shape index (κ3) is 7.21. The zero-order valence-electron chi connectivity index (χ0n) is 15.8. The van der Waals surface area contributed by atoms with Gasteiger partial charge in [-0.25, -0.2) is 0 Å². The third-order valence-electron chi connectivity index (χ3n) is 5.03. The Labute approximate surface area is 149 Å². The summed E-state index contributed by atoms with van der Waals surface area (Å²) in [5.41, 5.74) is 2.88. The lowest BCUT2D eigenvalue weighted by molar-refractivity contribution is 0.375. The number of hydrogen-bond acceptors (Lipinski definition) is 1. The zero-order valence-corrected chi connectivity index (χ0v) is 15.8. The smallest absolute Gasteiger partial charge is 0.103 e. The molecule has 1 aliphatic heterocycles. The van der Waals surface area contributed by atoms with Crippen molar-refractivity contribution in [2.45, 2.75) is 96.7 Å². The number of rotatable bonds is 13. The molecular weight excluding hydrogens is 292 g/mol. The molecule has 1 aromatic rings. The molecule has 0 radical (unpaired) electrons. The third-order valence-corrected chi connectivity index (χ3v) is 5.03. The maximum absolute atomic E-state index is 5.74. The van der Waals surface area contributed by atoms with Crippen LogP contribution in [-0.4, -0.2) is 12.2 Å². The first-order valence-corrected chi connectivity index (χ1v) is 10.3. The topological polar surface area (TPSA) is 12.5 Å². The summed E-state index contributed by atoms with van der Waals surface area (Å²) in [6, 6.07) is 8.86. The van der Waals surface area contributed by atoms with Crippen LogP contribution >= 0.6 is 0 Å². The Morgan fingerprint density at radius 2 is 1.58 bits per heavy atom. The highest BCUT2D eigenvalue weighted by molar-refractivity contribution is 5.54. The highest BCUT2D eigenvalue weighted by Crippen LogP contribution is 2.29. The van der Waals surface area contributed by atoms with E-state index in [0.29, 0.717) is 12.2 Å². The molecule has 0 amide bonds.